The number of amides is 1. The average Bonchev–Trinajstić information content (AvgIpc) is 3.21. The van der Waals surface area contributed by atoms with Gasteiger partial charge in [0.1, 0.15) is 11.9 Å². The lowest BCUT2D eigenvalue weighted by atomic mass is 10.1. The third kappa shape index (κ3) is 6.68. The summed E-state index contributed by atoms with van der Waals surface area (Å²) in [6, 6.07) is 17.9. The predicted octanol–water partition coefficient (Wildman–Crippen LogP) is 2.75. The zero-order valence-corrected chi connectivity index (χ0v) is 17.9. The molecule has 1 atom stereocenters. The molecule has 0 radical (unpaired) electrons. The minimum atomic E-state index is -0.250. The fourth-order valence-corrected chi connectivity index (χ4v) is 3.38. The number of hydrogen-bond donors (Lipinski definition) is 2. The Labute approximate surface area is 186 Å². The van der Waals surface area contributed by atoms with Gasteiger partial charge in [-0.1, -0.05) is 48.0 Å². The molecular formula is C24H27N3O5. The molecule has 8 nitrogen and oxygen atoms in total. The second-order valence-electron chi connectivity index (χ2n) is 7.34. The smallest absolute Gasteiger partial charge is 0.290 e. The molecule has 0 saturated carbocycles. The Morgan fingerprint density at radius 2 is 1.97 bits per heavy atom. The van der Waals surface area contributed by atoms with Crippen molar-refractivity contribution in [2.75, 3.05) is 19.8 Å². The van der Waals surface area contributed by atoms with Crippen molar-refractivity contribution in [3.05, 3.63) is 83.2 Å². The number of rotatable bonds is 7. The predicted molar refractivity (Wildman–Crippen MR) is 119 cm³/mol. The van der Waals surface area contributed by atoms with Gasteiger partial charge in [-0.15, -0.1) is 0 Å². The zero-order chi connectivity index (χ0) is 22.8. The van der Waals surface area contributed by atoms with Crippen molar-refractivity contribution in [2.45, 2.75) is 26.0 Å². The molecule has 1 aromatic heterocycles. The van der Waals surface area contributed by atoms with Crippen molar-refractivity contribution in [1.82, 2.24) is 15.1 Å². The molecule has 0 bridgehead atoms. The van der Waals surface area contributed by atoms with Crippen LogP contribution in [-0.4, -0.2) is 47.0 Å². The standard InChI is InChI=1S/C23H25N3O3.CH2O2/c1-17-7-9-20(10-8-17)29-16-22(27)24-13-21-23-19(11-12-28-21)15-26(25-23)14-18-5-3-2-4-6-18;2-1-3/h2-10,15,21H,11-14,16H2,1H3,(H,24,27);1H,(H,2,3). The summed E-state index contributed by atoms with van der Waals surface area (Å²) in [5.41, 5.74) is 4.44. The van der Waals surface area contributed by atoms with Crippen LogP contribution in [0.4, 0.5) is 0 Å². The van der Waals surface area contributed by atoms with E-state index in [2.05, 4.69) is 23.6 Å². The molecule has 8 heteroatoms. The molecule has 0 fully saturated rings. The van der Waals surface area contributed by atoms with Gasteiger partial charge in [0.2, 0.25) is 0 Å². The number of nitrogens with one attached hydrogen (secondary N) is 1. The first-order chi connectivity index (χ1) is 15.6. The number of carboxylic acid groups (broad SMARTS) is 1. The molecule has 4 rings (SSSR count). The number of aryl methyl sites for hydroxylation is 1. The van der Waals surface area contributed by atoms with Crippen molar-refractivity contribution in [3.8, 4) is 5.75 Å². The molecule has 32 heavy (non-hydrogen) atoms. The monoisotopic (exact) mass is 437 g/mol. The molecule has 1 aliphatic heterocycles. The van der Waals surface area contributed by atoms with Gasteiger partial charge in [0.15, 0.2) is 6.61 Å². The van der Waals surface area contributed by atoms with Crippen molar-refractivity contribution >= 4 is 12.4 Å². The van der Waals surface area contributed by atoms with E-state index in [1.807, 2.05) is 54.1 Å². The Kier molecular flexibility index (Phi) is 8.39. The average molecular weight is 437 g/mol. The van der Waals surface area contributed by atoms with E-state index in [0.717, 1.165) is 24.2 Å². The van der Waals surface area contributed by atoms with Gasteiger partial charge in [-0.25, -0.2) is 0 Å². The summed E-state index contributed by atoms with van der Waals surface area (Å²) in [6.45, 7) is 3.47. The van der Waals surface area contributed by atoms with Gasteiger partial charge in [-0.05, 0) is 36.6 Å². The molecular weight excluding hydrogens is 410 g/mol. The van der Waals surface area contributed by atoms with Crippen LogP contribution in [0.2, 0.25) is 0 Å². The molecule has 0 spiro atoms. The van der Waals surface area contributed by atoms with E-state index in [-0.39, 0.29) is 25.1 Å². The van der Waals surface area contributed by atoms with Gasteiger partial charge in [0, 0.05) is 12.7 Å². The van der Waals surface area contributed by atoms with Crippen molar-refractivity contribution in [2.24, 2.45) is 0 Å². The van der Waals surface area contributed by atoms with Crippen molar-refractivity contribution < 1.29 is 24.2 Å². The van der Waals surface area contributed by atoms with Crippen LogP contribution in [0.25, 0.3) is 0 Å². The lowest BCUT2D eigenvalue weighted by Crippen LogP contribution is -2.34. The molecule has 1 aliphatic rings. The number of carbonyl (C=O) groups excluding carboxylic acids is 1. The van der Waals surface area contributed by atoms with E-state index >= 15 is 0 Å². The summed E-state index contributed by atoms with van der Waals surface area (Å²) in [7, 11) is 0. The number of nitrogens with zero attached hydrogens (tertiary/aromatic N) is 2. The normalized spacial score (nSPS) is 14.5. The Morgan fingerprint density at radius 1 is 1.25 bits per heavy atom. The van der Waals surface area contributed by atoms with Gasteiger partial charge in [-0.2, -0.15) is 5.10 Å². The van der Waals surface area contributed by atoms with E-state index in [1.165, 1.54) is 11.1 Å². The van der Waals surface area contributed by atoms with E-state index in [9.17, 15) is 4.79 Å². The van der Waals surface area contributed by atoms with Gasteiger partial charge in [0.05, 0.1) is 18.8 Å². The minimum Gasteiger partial charge on any atom is -0.484 e. The van der Waals surface area contributed by atoms with Gasteiger partial charge in [-0.3, -0.25) is 14.3 Å². The van der Waals surface area contributed by atoms with Crippen LogP contribution in [0.3, 0.4) is 0 Å². The van der Waals surface area contributed by atoms with E-state index < -0.39 is 0 Å². The number of hydrogen-bond acceptors (Lipinski definition) is 5. The quantitative estimate of drug-likeness (QED) is 0.551. The lowest BCUT2D eigenvalue weighted by Gasteiger charge is -2.22. The summed E-state index contributed by atoms with van der Waals surface area (Å²) in [4.78, 5) is 20.5. The Balaban J connectivity index is 0.000000913. The molecule has 0 saturated heterocycles. The third-order valence-corrected chi connectivity index (χ3v) is 4.93. The summed E-state index contributed by atoms with van der Waals surface area (Å²) < 4.78 is 13.3. The molecule has 168 valence electrons. The van der Waals surface area contributed by atoms with Crippen LogP contribution in [0, 0.1) is 6.92 Å². The molecule has 0 aliphatic carbocycles. The summed E-state index contributed by atoms with van der Waals surface area (Å²) >= 11 is 0. The van der Waals surface area contributed by atoms with Crippen LogP contribution in [0.5, 0.6) is 5.75 Å². The first kappa shape index (κ1) is 23.0. The number of carbonyl (C=O) groups is 2. The minimum absolute atomic E-state index is 0.0227. The maximum absolute atomic E-state index is 12.2. The first-order valence-corrected chi connectivity index (χ1v) is 10.3. The lowest BCUT2D eigenvalue weighted by molar-refractivity contribution is -0.124. The summed E-state index contributed by atoms with van der Waals surface area (Å²) in [5.74, 6) is 0.506. The first-order valence-electron chi connectivity index (χ1n) is 10.3. The number of ether oxygens (including phenoxy) is 2. The highest BCUT2D eigenvalue weighted by atomic mass is 16.5. The second kappa shape index (κ2) is 11.7. The van der Waals surface area contributed by atoms with Crippen LogP contribution >= 0.6 is 0 Å². The fourth-order valence-electron chi connectivity index (χ4n) is 3.38. The summed E-state index contributed by atoms with van der Waals surface area (Å²) in [5, 5.41) is 14.5. The van der Waals surface area contributed by atoms with E-state index in [0.29, 0.717) is 18.9 Å². The highest BCUT2D eigenvalue weighted by molar-refractivity contribution is 5.77. The topological polar surface area (TPSA) is 103 Å². The fraction of sp³-hybridized carbons (Fsp3) is 0.292. The van der Waals surface area contributed by atoms with E-state index in [1.54, 1.807) is 0 Å². The molecule has 3 aromatic rings. The second-order valence-corrected chi connectivity index (χ2v) is 7.34. The highest BCUT2D eigenvalue weighted by Gasteiger charge is 2.25. The van der Waals surface area contributed by atoms with Crippen molar-refractivity contribution in [1.29, 1.82) is 0 Å². The number of aromatic nitrogens is 2. The van der Waals surface area contributed by atoms with Crippen LogP contribution in [0.15, 0.2) is 60.8 Å². The largest absolute Gasteiger partial charge is 0.484 e. The number of benzene rings is 2. The highest BCUT2D eigenvalue weighted by Crippen LogP contribution is 2.25. The van der Waals surface area contributed by atoms with Gasteiger partial charge < -0.3 is 19.9 Å². The molecule has 2 aromatic carbocycles. The van der Waals surface area contributed by atoms with Crippen LogP contribution < -0.4 is 10.1 Å². The Hall–Kier alpha value is -3.65. The van der Waals surface area contributed by atoms with Gasteiger partial charge >= 0.3 is 0 Å². The summed E-state index contributed by atoms with van der Waals surface area (Å²) in [6.07, 6.45) is 2.68. The zero-order valence-electron chi connectivity index (χ0n) is 17.9. The maximum Gasteiger partial charge on any atom is 0.290 e. The maximum atomic E-state index is 12.2. The van der Waals surface area contributed by atoms with Crippen LogP contribution in [-0.2, 0) is 27.3 Å². The number of fused-ring (bicyclic) bond motifs is 1. The van der Waals surface area contributed by atoms with Crippen molar-refractivity contribution in [3.63, 3.8) is 0 Å². The Morgan fingerprint density at radius 3 is 2.69 bits per heavy atom. The van der Waals surface area contributed by atoms with Gasteiger partial charge in [0.25, 0.3) is 12.4 Å². The molecule has 1 unspecified atom stereocenters. The van der Waals surface area contributed by atoms with Crippen LogP contribution in [0.1, 0.15) is 28.5 Å². The molecule has 1 amide bonds. The van der Waals surface area contributed by atoms with E-state index in [4.69, 9.17) is 24.5 Å². The Bertz CT molecular complexity index is 1000. The molecule has 2 heterocycles. The third-order valence-electron chi connectivity index (χ3n) is 4.93. The molecule has 2 N–H and O–H groups in total. The SMILES string of the molecule is Cc1ccc(OCC(=O)NCC2OCCc3cn(Cc4ccccc4)nc32)cc1.O=CO.